The van der Waals surface area contributed by atoms with Gasteiger partial charge in [-0.25, -0.2) is 0 Å². The van der Waals surface area contributed by atoms with Crippen molar-refractivity contribution in [2.45, 2.75) is 20.3 Å². The number of carbonyl (C=O) groups is 3. The van der Waals surface area contributed by atoms with E-state index in [9.17, 15) is 14.4 Å². The monoisotopic (exact) mass is 414 g/mol. The summed E-state index contributed by atoms with van der Waals surface area (Å²) >= 11 is 5.03. The van der Waals surface area contributed by atoms with Crippen molar-refractivity contribution in [2.24, 2.45) is 0 Å². The molecule has 9 heteroatoms. The molecule has 0 atom stereocenters. The summed E-state index contributed by atoms with van der Waals surface area (Å²) in [4.78, 5) is 35.8. The van der Waals surface area contributed by atoms with Gasteiger partial charge in [-0.2, -0.15) is 0 Å². The van der Waals surface area contributed by atoms with Crippen LogP contribution in [0.2, 0.25) is 0 Å². The molecular formula is C20H22N4O4S. The van der Waals surface area contributed by atoms with Crippen molar-refractivity contribution >= 4 is 40.7 Å². The lowest BCUT2D eigenvalue weighted by molar-refractivity contribution is -0.115. The van der Waals surface area contributed by atoms with E-state index in [1.54, 1.807) is 55.5 Å². The second-order valence-electron chi connectivity index (χ2n) is 5.80. The van der Waals surface area contributed by atoms with E-state index in [-0.39, 0.29) is 11.0 Å². The van der Waals surface area contributed by atoms with Gasteiger partial charge in [0.25, 0.3) is 11.8 Å². The highest BCUT2D eigenvalue weighted by Crippen LogP contribution is 2.13. The van der Waals surface area contributed by atoms with Crippen LogP contribution < -0.4 is 26.2 Å². The van der Waals surface area contributed by atoms with Crippen molar-refractivity contribution in [3.8, 4) is 5.75 Å². The van der Waals surface area contributed by atoms with E-state index >= 15 is 0 Å². The van der Waals surface area contributed by atoms with Crippen LogP contribution in [-0.4, -0.2) is 29.4 Å². The van der Waals surface area contributed by atoms with E-state index in [1.807, 2.05) is 6.92 Å². The molecule has 2 rings (SSSR count). The molecule has 0 fully saturated rings. The van der Waals surface area contributed by atoms with E-state index in [0.717, 1.165) is 0 Å². The fourth-order valence-corrected chi connectivity index (χ4v) is 2.38. The molecule has 0 unspecified atom stereocenters. The molecule has 0 radical (unpaired) electrons. The van der Waals surface area contributed by atoms with Crippen molar-refractivity contribution in [2.75, 3.05) is 11.9 Å². The minimum absolute atomic E-state index is 0.0583. The molecule has 0 spiro atoms. The number of thiocarbonyl (C=S) groups is 1. The topological polar surface area (TPSA) is 109 Å². The van der Waals surface area contributed by atoms with Crippen LogP contribution in [0.5, 0.6) is 5.75 Å². The zero-order valence-corrected chi connectivity index (χ0v) is 16.9. The highest BCUT2D eigenvalue weighted by Gasteiger charge is 2.11. The molecule has 0 aromatic heterocycles. The number of benzene rings is 2. The fourth-order valence-electron chi connectivity index (χ4n) is 2.24. The highest BCUT2D eigenvalue weighted by molar-refractivity contribution is 7.80. The zero-order chi connectivity index (χ0) is 21.2. The van der Waals surface area contributed by atoms with E-state index in [1.165, 1.54) is 0 Å². The Kier molecular flexibility index (Phi) is 8.11. The van der Waals surface area contributed by atoms with Gasteiger partial charge in [0, 0.05) is 23.2 Å². The molecule has 0 aliphatic carbocycles. The van der Waals surface area contributed by atoms with Crippen LogP contribution in [-0.2, 0) is 4.79 Å². The Hall–Kier alpha value is -3.46. The van der Waals surface area contributed by atoms with Crippen molar-refractivity contribution in [1.82, 2.24) is 16.2 Å². The first-order chi connectivity index (χ1) is 13.9. The molecule has 8 nitrogen and oxygen atoms in total. The lowest BCUT2D eigenvalue weighted by atomic mass is 10.2. The molecule has 0 aliphatic rings. The Labute approximate surface area is 174 Å². The predicted molar refractivity (Wildman–Crippen MR) is 114 cm³/mol. The summed E-state index contributed by atoms with van der Waals surface area (Å²) in [5.41, 5.74) is 6.20. The summed E-state index contributed by atoms with van der Waals surface area (Å²) in [6.07, 6.45) is 0.366. The maximum absolute atomic E-state index is 12.2. The summed E-state index contributed by atoms with van der Waals surface area (Å²) in [5, 5.41) is 5.11. The Bertz CT molecular complexity index is 900. The summed E-state index contributed by atoms with van der Waals surface area (Å²) in [7, 11) is 0. The van der Waals surface area contributed by atoms with E-state index in [0.29, 0.717) is 35.6 Å². The summed E-state index contributed by atoms with van der Waals surface area (Å²) in [5.74, 6) is -0.426. The van der Waals surface area contributed by atoms with Crippen LogP contribution in [0.25, 0.3) is 0 Å². The molecule has 29 heavy (non-hydrogen) atoms. The summed E-state index contributed by atoms with van der Waals surface area (Å²) < 4.78 is 5.36. The van der Waals surface area contributed by atoms with Crippen LogP contribution in [0, 0.1) is 0 Å². The van der Waals surface area contributed by atoms with Gasteiger partial charge in [-0.15, -0.1) is 0 Å². The number of amides is 3. The van der Waals surface area contributed by atoms with Gasteiger partial charge < -0.3 is 10.1 Å². The number of hydrogen-bond acceptors (Lipinski definition) is 5. The molecule has 4 N–H and O–H groups in total. The first-order valence-corrected chi connectivity index (χ1v) is 9.38. The van der Waals surface area contributed by atoms with Gasteiger partial charge >= 0.3 is 0 Å². The molecule has 152 valence electrons. The number of carbonyl (C=O) groups excluding carboxylic acids is 3. The van der Waals surface area contributed by atoms with Gasteiger partial charge in [0.15, 0.2) is 5.11 Å². The van der Waals surface area contributed by atoms with E-state index in [4.69, 9.17) is 17.0 Å². The predicted octanol–water partition coefficient (Wildman–Crippen LogP) is 2.38. The molecule has 0 saturated carbocycles. The van der Waals surface area contributed by atoms with Gasteiger partial charge in [-0.1, -0.05) is 13.0 Å². The molecule has 0 saturated heterocycles. The summed E-state index contributed by atoms with van der Waals surface area (Å²) in [6, 6.07) is 13.0. The Morgan fingerprint density at radius 3 is 2.31 bits per heavy atom. The van der Waals surface area contributed by atoms with Crippen molar-refractivity contribution < 1.29 is 19.1 Å². The minimum Gasteiger partial charge on any atom is -0.494 e. The largest absolute Gasteiger partial charge is 0.494 e. The van der Waals surface area contributed by atoms with Crippen LogP contribution in [0.4, 0.5) is 5.69 Å². The normalized spacial score (nSPS) is 9.86. The van der Waals surface area contributed by atoms with Gasteiger partial charge in [-0.05, 0) is 61.6 Å². The molecule has 3 amide bonds. The SMILES string of the molecule is CCOc1cccc(C(=O)NC(=S)NNC(=O)c2ccc(NC(=O)CC)cc2)c1. The molecule has 0 aliphatic heterocycles. The third-order valence-corrected chi connectivity index (χ3v) is 3.88. The quantitative estimate of drug-likeness (QED) is 0.427. The second kappa shape index (κ2) is 10.8. The van der Waals surface area contributed by atoms with E-state index in [2.05, 4.69) is 21.5 Å². The van der Waals surface area contributed by atoms with Gasteiger partial charge in [0.1, 0.15) is 5.75 Å². The third kappa shape index (κ3) is 6.89. The van der Waals surface area contributed by atoms with Crippen molar-refractivity contribution in [3.63, 3.8) is 0 Å². The Morgan fingerprint density at radius 1 is 0.931 bits per heavy atom. The lowest BCUT2D eigenvalue weighted by Crippen LogP contribution is -2.48. The lowest BCUT2D eigenvalue weighted by Gasteiger charge is -2.12. The maximum Gasteiger partial charge on any atom is 0.269 e. The first-order valence-electron chi connectivity index (χ1n) is 8.97. The summed E-state index contributed by atoms with van der Waals surface area (Å²) in [6.45, 7) is 4.09. The van der Waals surface area contributed by atoms with Crippen LogP contribution in [0.1, 0.15) is 41.0 Å². The zero-order valence-electron chi connectivity index (χ0n) is 16.1. The molecular weight excluding hydrogens is 392 g/mol. The standard InChI is InChI=1S/C20H22N4O4S/c1-3-17(25)21-15-10-8-13(9-11-15)19(27)23-24-20(29)22-18(26)14-6-5-7-16(12-14)28-4-2/h5-12H,3-4H2,1-2H3,(H,21,25)(H,23,27)(H2,22,24,26,29). The third-order valence-electron chi connectivity index (χ3n) is 3.68. The average Bonchev–Trinajstić information content (AvgIpc) is 2.73. The number of ether oxygens (including phenoxy) is 1. The first kappa shape index (κ1) is 21.8. The van der Waals surface area contributed by atoms with Crippen LogP contribution >= 0.6 is 12.2 Å². The van der Waals surface area contributed by atoms with Gasteiger partial charge in [0.2, 0.25) is 5.91 Å². The number of hydrogen-bond donors (Lipinski definition) is 4. The highest BCUT2D eigenvalue weighted by atomic mass is 32.1. The Balaban J connectivity index is 1.85. The van der Waals surface area contributed by atoms with E-state index < -0.39 is 11.8 Å². The molecule has 2 aromatic carbocycles. The Morgan fingerprint density at radius 2 is 1.66 bits per heavy atom. The number of rotatable bonds is 6. The van der Waals surface area contributed by atoms with Crippen LogP contribution in [0.3, 0.4) is 0 Å². The van der Waals surface area contributed by atoms with Crippen molar-refractivity contribution in [1.29, 1.82) is 0 Å². The second-order valence-corrected chi connectivity index (χ2v) is 6.21. The number of hydrazine groups is 1. The minimum atomic E-state index is -0.451. The molecule has 0 heterocycles. The number of anilines is 1. The molecule has 2 aromatic rings. The van der Waals surface area contributed by atoms with Crippen LogP contribution in [0.15, 0.2) is 48.5 Å². The van der Waals surface area contributed by atoms with Gasteiger partial charge in [0.05, 0.1) is 6.61 Å². The average molecular weight is 414 g/mol. The fraction of sp³-hybridized carbons (Fsp3) is 0.200. The number of nitrogens with one attached hydrogen (secondary N) is 4. The molecule has 0 bridgehead atoms. The van der Waals surface area contributed by atoms with Crippen molar-refractivity contribution in [3.05, 3.63) is 59.7 Å². The smallest absolute Gasteiger partial charge is 0.269 e. The van der Waals surface area contributed by atoms with Gasteiger partial charge in [-0.3, -0.25) is 30.6 Å². The maximum atomic E-state index is 12.2.